The molecule has 1 aromatic rings. The molecule has 0 saturated heterocycles. The third-order valence-electron chi connectivity index (χ3n) is 6.15. The van der Waals surface area contributed by atoms with Crippen molar-refractivity contribution in [2.75, 3.05) is 27.4 Å². The fourth-order valence-corrected chi connectivity index (χ4v) is 4.40. The van der Waals surface area contributed by atoms with Crippen molar-refractivity contribution in [2.45, 2.75) is 77.5 Å². The first kappa shape index (κ1) is 29.1. The average molecular weight is 502 g/mol. The standard InChI is InChI=1S/C22H30F3N3O4.C3H8/c1-4-18(19(32-3)13-31-2)26-16-6-5-14(9-16)21(30)27-7-8-28-17(12-27)10-15(11-20(28)29)22(23,24)25;1-3-2/h5-6,10-11,14,16,18-19,26H,4,7-9,12-13H2,1-3H3;3H2,1-2H3/t14-,16+,18-,19+;/m0./s1. The zero-order chi connectivity index (χ0) is 26.2. The largest absolute Gasteiger partial charge is 0.416 e. The second kappa shape index (κ2) is 13.2. The van der Waals surface area contributed by atoms with E-state index in [4.69, 9.17) is 9.47 Å². The molecule has 1 aromatic heterocycles. The summed E-state index contributed by atoms with van der Waals surface area (Å²) in [6, 6.07) is 1.61. The number of ether oxygens (including phenoxy) is 2. The number of hydrogen-bond donors (Lipinski definition) is 1. The van der Waals surface area contributed by atoms with Gasteiger partial charge in [-0.05, 0) is 18.9 Å². The van der Waals surface area contributed by atoms with Gasteiger partial charge in [0.25, 0.3) is 5.56 Å². The molecule has 0 aromatic carbocycles. The van der Waals surface area contributed by atoms with Crippen LogP contribution in [-0.2, 0) is 33.5 Å². The smallest absolute Gasteiger partial charge is 0.382 e. The predicted molar refractivity (Wildman–Crippen MR) is 128 cm³/mol. The minimum atomic E-state index is -4.60. The van der Waals surface area contributed by atoms with E-state index in [0.717, 1.165) is 12.5 Å². The zero-order valence-corrected chi connectivity index (χ0v) is 21.2. The highest BCUT2D eigenvalue weighted by Gasteiger charge is 2.35. The van der Waals surface area contributed by atoms with Crippen molar-refractivity contribution in [2.24, 2.45) is 5.92 Å². The molecular formula is C25H38F3N3O4. The average Bonchev–Trinajstić information content (AvgIpc) is 3.29. The summed E-state index contributed by atoms with van der Waals surface area (Å²) in [5, 5.41) is 3.50. The van der Waals surface area contributed by atoms with Gasteiger partial charge in [0.2, 0.25) is 5.91 Å². The van der Waals surface area contributed by atoms with Gasteiger partial charge in [-0.15, -0.1) is 0 Å². The molecule has 0 spiro atoms. The monoisotopic (exact) mass is 501 g/mol. The van der Waals surface area contributed by atoms with Crippen molar-refractivity contribution in [3.8, 4) is 0 Å². The third kappa shape index (κ3) is 7.65. The SMILES string of the molecule is CCC.CC[C@H](N[C@@H]1C=C[C@H](C(=O)N2CCn3c(cc(C(F)(F)F)cc3=O)C2)C1)[C@@H](COC)OC. The first-order chi connectivity index (χ1) is 16.6. The molecule has 0 radical (unpaired) electrons. The summed E-state index contributed by atoms with van der Waals surface area (Å²) in [7, 11) is 3.25. The van der Waals surface area contributed by atoms with Crippen molar-refractivity contribution in [1.29, 1.82) is 0 Å². The molecule has 35 heavy (non-hydrogen) atoms. The third-order valence-corrected chi connectivity index (χ3v) is 6.15. The van der Waals surface area contributed by atoms with Gasteiger partial charge in [-0.2, -0.15) is 13.2 Å². The number of fused-ring (bicyclic) bond motifs is 1. The molecule has 10 heteroatoms. The Labute approximate surface area is 205 Å². The first-order valence-corrected chi connectivity index (χ1v) is 12.1. The maximum Gasteiger partial charge on any atom is 0.416 e. The lowest BCUT2D eigenvalue weighted by atomic mass is 10.0. The summed E-state index contributed by atoms with van der Waals surface area (Å²) in [6.07, 6.45) is 1.71. The van der Waals surface area contributed by atoms with Crippen LogP contribution in [0.2, 0.25) is 0 Å². The molecule has 2 aliphatic rings. The Bertz CT molecular complexity index is 916. The van der Waals surface area contributed by atoms with Crippen LogP contribution in [0.3, 0.4) is 0 Å². The normalized spacial score (nSPS) is 21.2. The van der Waals surface area contributed by atoms with E-state index in [9.17, 15) is 22.8 Å². The van der Waals surface area contributed by atoms with E-state index in [-0.39, 0.29) is 55.3 Å². The van der Waals surface area contributed by atoms with E-state index < -0.39 is 17.3 Å². The van der Waals surface area contributed by atoms with Crippen LogP contribution >= 0.6 is 0 Å². The summed E-state index contributed by atoms with van der Waals surface area (Å²) in [5.41, 5.74) is -1.47. The Kier molecular flexibility index (Phi) is 11.0. The van der Waals surface area contributed by atoms with Gasteiger partial charge in [0.15, 0.2) is 0 Å². The van der Waals surface area contributed by atoms with Crippen LogP contribution in [-0.4, -0.2) is 60.9 Å². The number of methoxy groups -OCH3 is 2. The number of carbonyl (C=O) groups is 1. The second-order valence-corrected chi connectivity index (χ2v) is 8.93. The van der Waals surface area contributed by atoms with Gasteiger partial charge in [0.05, 0.1) is 30.7 Å². The Morgan fingerprint density at radius 2 is 1.86 bits per heavy atom. The van der Waals surface area contributed by atoms with E-state index in [1.807, 2.05) is 19.1 Å². The molecule has 2 heterocycles. The van der Waals surface area contributed by atoms with Gasteiger partial charge in [-0.25, -0.2) is 0 Å². The lowest BCUT2D eigenvalue weighted by Crippen LogP contribution is -2.47. The fraction of sp³-hybridized carbons (Fsp3) is 0.680. The highest BCUT2D eigenvalue weighted by molar-refractivity contribution is 5.81. The number of amides is 1. The highest BCUT2D eigenvalue weighted by atomic mass is 19.4. The number of nitrogens with zero attached hydrogens (tertiary/aromatic N) is 2. The molecule has 0 unspecified atom stereocenters. The number of aromatic nitrogens is 1. The number of carbonyl (C=O) groups excluding carboxylic acids is 1. The van der Waals surface area contributed by atoms with Gasteiger partial charge in [0, 0.05) is 51.2 Å². The Hall–Kier alpha value is -2.17. The molecule has 0 bridgehead atoms. The number of rotatable bonds is 8. The number of alkyl halides is 3. The van der Waals surface area contributed by atoms with Crippen molar-refractivity contribution in [3.05, 3.63) is 45.9 Å². The number of halogens is 3. The van der Waals surface area contributed by atoms with Crippen LogP contribution in [0.15, 0.2) is 29.1 Å². The van der Waals surface area contributed by atoms with Gasteiger partial charge >= 0.3 is 6.18 Å². The highest BCUT2D eigenvalue weighted by Crippen LogP contribution is 2.30. The summed E-state index contributed by atoms with van der Waals surface area (Å²) in [6.45, 7) is 7.20. The van der Waals surface area contributed by atoms with Gasteiger partial charge in [-0.1, -0.05) is 39.3 Å². The molecular weight excluding hydrogens is 463 g/mol. The van der Waals surface area contributed by atoms with Crippen LogP contribution in [0, 0.1) is 5.92 Å². The summed E-state index contributed by atoms with van der Waals surface area (Å²) < 4.78 is 51.3. The first-order valence-electron chi connectivity index (χ1n) is 12.1. The quantitative estimate of drug-likeness (QED) is 0.551. The maximum absolute atomic E-state index is 13.1. The predicted octanol–water partition coefficient (Wildman–Crippen LogP) is 3.60. The molecule has 198 valence electrons. The van der Waals surface area contributed by atoms with E-state index in [1.165, 1.54) is 15.9 Å². The lowest BCUT2D eigenvalue weighted by Gasteiger charge is -2.32. The number of pyridine rings is 1. The van der Waals surface area contributed by atoms with Gasteiger partial charge in [0.1, 0.15) is 0 Å². The number of nitrogens with one attached hydrogen (secondary N) is 1. The van der Waals surface area contributed by atoms with E-state index in [0.29, 0.717) is 19.1 Å². The van der Waals surface area contributed by atoms with Crippen molar-refractivity contribution >= 4 is 5.91 Å². The molecule has 1 aliphatic carbocycles. The molecule has 0 saturated carbocycles. The molecule has 1 amide bonds. The van der Waals surface area contributed by atoms with Crippen molar-refractivity contribution in [1.82, 2.24) is 14.8 Å². The van der Waals surface area contributed by atoms with Crippen LogP contribution < -0.4 is 10.9 Å². The molecule has 1 aliphatic heterocycles. The molecule has 4 atom stereocenters. The maximum atomic E-state index is 13.1. The van der Waals surface area contributed by atoms with Crippen molar-refractivity contribution in [3.63, 3.8) is 0 Å². The summed E-state index contributed by atoms with van der Waals surface area (Å²) in [4.78, 5) is 26.7. The zero-order valence-electron chi connectivity index (χ0n) is 21.2. The van der Waals surface area contributed by atoms with Gasteiger partial charge in [-0.3, -0.25) is 9.59 Å². The number of hydrogen-bond acceptors (Lipinski definition) is 5. The summed E-state index contributed by atoms with van der Waals surface area (Å²) >= 11 is 0. The van der Waals surface area contributed by atoms with E-state index >= 15 is 0 Å². The minimum absolute atomic E-state index is 0.0139. The Morgan fingerprint density at radius 1 is 1.17 bits per heavy atom. The topological polar surface area (TPSA) is 72.8 Å². The molecule has 3 rings (SSSR count). The van der Waals surface area contributed by atoms with Crippen molar-refractivity contribution < 1.29 is 27.4 Å². The molecule has 1 N–H and O–H groups in total. The van der Waals surface area contributed by atoms with Gasteiger partial charge < -0.3 is 24.3 Å². The Morgan fingerprint density at radius 3 is 2.43 bits per heavy atom. The summed E-state index contributed by atoms with van der Waals surface area (Å²) in [5.74, 6) is -0.507. The van der Waals surface area contributed by atoms with Crippen LogP contribution in [0.4, 0.5) is 13.2 Å². The Balaban J connectivity index is 0.00000137. The van der Waals surface area contributed by atoms with E-state index in [2.05, 4.69) is 19.2 Å². The molecule has 7 nitrogen and oxygen atoms in total. The lowest BCUT2D eigenvalue weighted by molar-refractivity contribution is -0.137. The van der Waals surface area contributed by atoms with Crippen LogP contribution in [0.1, 0.15) is 51.3 Å². The molecule has 0 fully saturated rings. The fourth-order valence-electron chi connectivity index (χ4n) is 4.40. The van der Waals surface area contributed by atoms with E-state index in [1.54, 1.807) is 14.2 Å². The van der Waals surface area contributed by atoms with Crippen LogP contribution in [0.5, 0.6) is 0 Å². The van der Waals surface area contributed by atoms with Crippen LogP contribution in [0.25, 0.3) is 0 Å². The minimum Gasteiger partial charge on any atom is -0.382 e. The second-order valence-electron chi connectivity index (χ2n) is 8.93.